The van der Waals surface area contributed by atoms with Crippen molar-refractivity contribution in [3.05, 3.63) is 64.3 Å². The van der Waals surface area contributed by atoms with Crippen LogP contribution in [0.3, 0.4) is 0 Å². The van der Waals surface area contributed by atoms with Crippen molar-refractivity contribution in [1.82, 2.24) is 9.88 Å². The third kappa shape index (κ3) is 7.54. The Kier molecular flexibility index (Phi) is 10.6. The van der Waals surface area contributed by atoms with Gasteiger partial charge in [0, 0.05) is 29.4 Å². The van der Waals surface area contributed by atoms with E-state index in [1.54, 1.807) is 25.1 Å². The number of thioether (sulfide) groups is 1. The number of methoxy groups -OCH3 is 1. The van der Waals surface area contributed by atoms with Crippen molar-refractivity contribution < 1.29 is 19.7 Å². The summed E-state index contributed by atoms with van der Waals surface area (Å²) in [5.74, 6) is 1.17. The molecular formula is C29H34Cl2N2O4S. The van der Waals surface area contributed by atoms with E-state index in [2.05, 4.69) is 9.88 Å². The van der Waals surface area contributed by atoms with Gasteiger partial charge >= 0.3 is 5.97 Å². The first-order valence-corrected chi connectivity index (χ1v) is 14.7. The number of halogens is 2. The first-order chi connectivity index (χ1) is 18.4. The molecule has 0 saturated carbocycles. The number of likely N-dealkylation sites (tertiary alicyclic amines) is 1. The van der Waals surface area contributed by atoms with E-state index in [0.717, 1.165) is 71.8 Å². The molecule has 0 spiro atoms. The maximum Gasteiger partial charge on any atom is 0.303 e. The van der Waals surface area contributed by atoms with Gasteiger partial charge < -0.3 is 19.8 Å². The summed E-state index contributed by atoms with van der Waals surface area (Å²) in [5.41, 5.74) is 1.65. The van der Waals surface area contributed by atoms with Crippen LogP contribution in [0.2, 0.25) is 10.0 Å². The van der Waals surface area contributed by atoms with Crippen molar-refractivity contribution in [3.8, 4) is 5.75 Å². The molecule has 0 radical (unpaired) electrons. The Hall–Kier alpha value is -2.03. The highest BCUT2D eigenvalue weighted by molar-refractivity contribution is 7.99. The maximum atomic E-state index is 11.7. The number of hydrogen-bond acceptors (Lipinski definition) is 6. The number of carbonyl (C=O) groups is 1. The van der Waals surface area contributed by atoms with Gasteiger partial charge in [0.15, 0.2) is 0 Å². The van der Waals surface area contributed by atoms with E-state index < -0.39 is 12.1 Å². The predicted octanol–water partition coefficient (Wildman–Crippen LogP) is 6.96. The molecule has 204 valence electrons. The largest absolute Gasteiger partial charge is 0.497 e. The summed E-state index contributed by atoms with van der Waals surface area (Å²) in [6, 6.07) is 13.1. The van der Waals surface area contributed by atoms with Crippen LogP contribution in [0.15, 0.2) is 53.6 Å². The molecule has 6 nitrogen and oxygen atoms in total. The Morgan fingerprint density at radius 1 is 1.21 bits per heavy atom. The molecule has 1 unspecified atom stereocenters. The lowest BCUT2D eigenvalue weighted by Crippen LogP contribution is -2.42. The van der Waals surface area contributed by atoms with Gasteiger partial charge in [-0.15, -0.1) is 11.8 Å². The molecule has 1 aromatic heterocycles. The van der Waals surface area contributed by atoms with Crippen LogP contribution in [-0.4, -0.2) is 58.6 Å². The molecule has 38 heavy (non-hydrogen) atoms. The molecule has 2 aromatic carbocycles. The van der Waals surface area contributed by atoms with E-state index in [-0.39, 0.29) is 18.3 Å². The van der Waals surface area contributed by atoms with E-state index >= 15 is 0 Å². The van der Waals surface area contributed by atoms with E-state index in [1.165, 1.54) is 0 Å². The fraction of sp³-hybridized carbons (Fsp3) is 0.448. The van der Waals surface area contributed by atoms with Gasteiger partial charge in [-0.2, -0.15) is 0 Å². The van der Waals surface area contributed by atoms with Crippen LogP contribution in [0.4, 0.5) is 0 Å². The molecule has 3 atom stereocenters. The second kappa shape index (κ2) is 13.9. The van der Waals surface area contributed by atoms with Crippen molar-refractivity contribution >= 4 is 51.8 Å². The van der Waals surface area contributed by atoms with Crippen molar-refractivity contribution in [2.75, 3.05) is 32.5 Å². The lowest BCUT2D eigenvalue weighted by molar-refractivity contribution is -0.139. The van der Waals surface area contributed by atoms with Gasteiger partial charge in [-0.3, -0.25) is 9.78 Å². The van der Waals surface area contributed by atoms with Crippen LogP contribution in [0.1, 0.15) is 43.8 Å². The Morgan fingerprint density at radius 3 is 2.74 bits per heavy atom. The number of ether oxygens (including phenoxy) is 1. The molecule has 0 aliphatic carbocycles. The van der Waals surface area contributed by atoms with Gasteiger partial charge in [0.05, 0.1) is 28.8 Å². The third-order valence-electron chi connectivity index (χ3n) is 7.35. The molecule has 1 aliphatic heterocycles. The first kappa shape index (κ1) is 29.0. The Bertz CT molecular complexity index is 1220. The van der Waals surface area contributed by atoms with Gasteiger partial charge in [-0.25, -0.2) is 0 Å². The van der Waals surface area contributed by atoms with Crippen molar-refractivity contribution in [2.24, 2.45) is 11.8 Å². The number of aromatic nitrogens is 1. The quantitative estimate of drug-likeness (QED) is 0.178. The summed E-state index contributed by atoms with van der Waals surface area (Å²) in [6.07, 6.45) is 4.47. The van der Waals surface area contributed by atoms with Crippen LogP contribution in [0.25, 0.3) is 10.9 Å². The smallest absolute Gasteiger partial charge is 0.303 e. The summed E-state index contributed by atoms with van der Waals surface area (Å²) in [4.78, 5) is 19.3. The molecule has 3 aromatic rings. The van der Waals surface area contributed by atoms with Crippen LogP contribution in [-0.2, 0) is 4.79 Å². The Balaban J connectivity index is 1.31. The number of aliphatic carboxylic acids is 1. The van der Waals surface area contributed by atoms with Gasteiger partial charge in [0.25, 0.3) is 0 Å². The average molecular weight is 578 g/mol. The van der Waals surface area contributed by atoms with Gasteiger partial charge in [0.2, 0.25) is 0 Å². The fourth-order valence-electron chi connectivity index (χ4n) is 5.37. The Labute approximate surface area is 238 Å². The first-order valence-electron chi connectivity index (χ1n) is 13.0. The second-order valence-corrected chi connectivity index (χ2v) is 11.8. The molecule has 0 amide bonds. The molecule has 9 heteroatoms. The van der Waals surface area contributed by atoms with E-state index in [0.29, 0.717) is 16.5 Å². The van der Waals surface area contributed by atoms with E-state index in [4.69, 9.17) is 27.9 Å². The molecule has 2 heterocycles. The number of nitrogens with zero attached hydrogens (tertiary/aromatic N) is 2. The van der Waals surface area contributed by atoms with Crippen LogP contribution >= 0.6 is 35.0 Å². The number of fused-ring (bicyclic) bond motifs is 1. The number of pyridine rings is 1. The topological polar surface area (TPSA) is 82.9 Å². The average Bonchev–Trinajstić information content (AvgIpc) is 2.90. The number of aliphatic hydroxyl groups excluding tert-OH is 1. The molecule has 2 N–H and O–H groups in total. The number of benzene rings is 2. The van der Waals surface area contributed by atoms with E-state index in [9.17, 15) is 15.0 Å². The van der Waals surface area contributed by atoms with Crippen LogP contribution < -0.4 is 4.74 Å². The lowest BCUT2D eigenvalue weighted by Gasteiger charge is -2.38. The minimum Gasteiger partial charge on any atom is -0.497 e. The zero-order valence-corrected chi connectivity index (χ0v) is 23.8. The number of aliphatic hydroxyl groups is 1. The molecular weight excluding hydrogens is 543 g/mol. The van der Waals surface area contributed by atoms with Crippen molar-refractivity contribution in [1.29, 1.82) is 0 Å². The highest BCUT2D eigenvalue weighted by Crippen LogP contribution is 2.36. The minimum atomic E-state index is -0.765. The summed E-state index contributed by atoms with van der Waals surface area (Å²) in [5, 5.41) is 22.9. The fourth-order valence-corrected chi connectivity index (χ4v) is 6.98. The summed E-state index contributed by atoms with van der Waals surface area (Å²) in [6.45, 7) is 2.61. The second-order valence-electron chi connectivity index (χ2n) is 9.84. The SMILES string of the molecule is COc1ccc2nccc(C(O)CC[C@@H]3CCN(CCCSc4c(Cl)cccc4Cl)C[C@@H]3CC(=O)O)c2c1. The summed E-state index contributed by atoms with van der Waals surface area (Å²) >= 11 is 14.2. The number of rotatable bonds is 12. The number of carboxylic acids is 1. The molecule has 1 aliphatic rings. The summed E-state index contributed by atoms with van der Waals surface area (Å²) < 4.78 is 5.36. The Morgan fingerprint density at radius 2 is 2.00 bits per heavy atom. The third-order valence-corrected chi connectivity index (χ3v) is 9.42. The maximum absolute atomic E-state index is 11.7. The van der Waals surface area contributed by atoms with Gasteiger partial charge in [-0.05, 0) is 98.3 Å². The van der Waals surface area contributed by atoms with Gasteiger partial charge in [-0.1, -0.05) is 29.3 Å². The van der Waals surface area contributed by atoms with Crippen LogP contribution in [0.5, 0.6) is 5.75 Å². The normalized spacial score (nSPS) is 18.9. The molecule has 4 rings (SSSR count). The van der Waals surface area contributed by atoms with Crippen LogP contribution in [0, 0.1) is 11.8 Å². The number of carboxylic acid groups (broad SMARTS) is 1. The molecule has 1 saturated heterocycles. The molecule has 1 fully saturated rings. The van der Waals surface area contributed by atoms with Crippen molar-refractivity contribution in [2.45, 2.75) is 43.1 Å². The minimum absolute atomic E-state index is 0.0633. The van der Waals surface area contributed by atoms with E-state index in [1.807, 2.05) is 42.5 Å². The van der Waals surface area contributed by atoms with Gasteiger partial charge in [0.1, 0.15) is 5.75 Å². The lowest BCUT2D eigenvalue weighted by atomic mass is 9.79. The monoisotopic (exact) mass is 576 g/mol. The number of piperidine rings is 1. The van der Waals surface area contributed by atoms with Crippen molar-refractivity contribution in [3.63, 3.8) is 0 Å². The summed E-state index contributed by atoms with van der Waals surface area (Å²) in [7, 11) is 1.62. The number of hydrogen-bond donors (Lipinski definition) is 2. The molecule has 0 bridgehead atoms. The zero-order valence-electron chi connectivity index (χ0n) is 21.5. The standard InChI is InChI=1S/C29H34Cl2N2O4S/c1-37-21-7-8-26-23(17-21)22(10-12-32-26)27(34)9-6-19-11-14-33(18-20(19)16-28(35)36)13-3-15-38-29-24(30)4-2-5-25(29)31/h2,4-5,7-8,10,12,17,19-20,27,34H,3,6,9,11,13-16,18H2,1H3,(H,35,36)/t19-,20+,27?/m1/s1. The predicted molar refractivity (Wildman–Crippen MR) is 155 cm³/mol. The highest BCUT2D eigenvalue weighted by Gasteiger charge is 2.31. The highest BCUT2D eigenvalue weighted by atomic mass is 35.5. The zero-order chi connectivity index (χ0) is 27.1.